The minimum absolute atomic E-state index is 0.306. The van der Waals surface area contributed by atoms with E-state index in [-0.39, 0.29) is 0 Å². The number of ether oxygens (including phenoxy) is 1. The van der Waals surface area contributed by atoms with Gasteiger partial charge in [-0.1, -0.05) is 38.0 Å². The van der Waals surface area contributed by atoms with Gasteiger partial charge in [0, 0.05) is 12.0 Å². The lowest BCUT2D eigenvalue weighted by molar-refractivity contribution is 0.253. The highest BCUT2D eigenvalue weighted by Gasteiger charge is 2.31. The van der Waals surface area contributed by atoms with Crippen molar-refractivity contribution in [2.75, 3.05) is 6.61 Å². The lowest BCUT2D eigenvalue weighted by Crippen LogP contribution is -2.35. The van der Waals surface area contributed by atoms with Gasteiger partial charge in [-0.2, -0.15) is 0 Å². The quantitative estimate of drug-likeness (QED) is 0.902. The monoisotopic (exact) mass is 273 g/mol. The Hall–Kier alpha value is -1.02. The SMILES string of the molecule is CCCC1CCC(N)C(c2cccc3c2OCCC3)C1. The molecule has 1 heterocycles. The van der Waals surface area contributed by atoms with E-state index in [9.17, 15) is 0 Å². The number of hydrogen-bond acceptors (Lipinski definition) is 2. The van der Waals surface area contributed by atoms with Gasteiger partial charge in [0.2, 0.25) is 0 Å². The molecule has 3 rings (SSSR count). The number of aryl methyl sites for hydroxylation is 1. The molecule has 0 bridgehead atoms. The molecule has 2 N–H and O–H groups in total. The van der Waals surface area contributed by atoms with Crippen LogP contribution in [0.2, 0.25) is 0 Å². The summed E-state index contributed by atoms with van der Waals surface area (Å²) in [6, 6.07) is 6.97. The molecule has 0 aromatic heterocycles. The van der Waals surface area contributed by atoms with Crippen LogP contribution in [0.5, 0.6) is 5.75 Å². The van der Waals surface area contributed by atoms with E-state index in [1.165, 1.54) is 43.2 Å². The van der Waals surface area contributed by atoms with Crippen LogP contribution in [0, 0.1) is 5.92 Å². The van der Waals surface area contributed by atoms with Gasteiger partial charge in [0.1, 0.15) is 5.75 Å². The molecule has 1 fully saturated rings. The summed E-state index contributed by atoms with van der Waals surface area (Å²) < 4.78 is 6.00. The first kappa shape index (κ1) is 13.9. The van der Waals surface area contributed by atoms with Crippen LogP contribution < -0.4 is 10.5 Å². The van der Waals surface area contributed by atoms with Crippen molar-refractivity contribution in [3.05, 3.63) is 29.3 Å². The summed E-state index contributed by atoms with van der Waals surface area (Å²) >= 11 is 0. The van der Waals surface area contributed by atoms with Crippen LogP contribution in [0.1, 0.15) is 62.5 Å². The van der Waals surface area contributed by atoms with Crippen molar-refractivity contribution in [3.63, 3.8) is 0 Å². The van der Waals surface area contributed by atoms with E-state index in [1.54, 1.807) is 0 Å². The van der Waals surface area contributed by atoms with Crippen molar-refractivity contribution in [2.45, 2.75) is 63.8 Å². The first-order valence-electron chi connectivity index (χ1n) is 8.29. The number of nitrogens with two attached hydrogens (primary N) is 1. The molecule has 0 radical (unpaired) electrons. The maximum atomic E-state index is 6.45. The molecule has 2 aliphatic rings. The zero-order chi connectivity index (χ0) is 13.9. The number of benzene rings is 1. The minimum atomic E-state index is 0.306. The summed E-state index contributed by atoms with van der Waals surface area (Å²) in [5.41, 5.74) is 9.22. The Balaban J connectivity index is 1.87. The van der Waals surface area contributed by atoms with Crippen LogP contribution in [0.3, 0.4) is 0 Å². The fourth-order valence-electron chi connectivity index (χ4n) is 4.02. The molecular weight excluding hydrogens is 246 g/mol. The second-order valence-corrected chi connectivity index (χ2v) is 6.53. The van der Waals surface area contributed by atoms with Crippen LogP contribution >= 0.6 is 0 Å². The molecule has 1 saturated carbocycles. The van der Waals surface area contributed by atoms with Crippen LogP contribution in [0.25, 0.3) is 0 Å². The Kier molecular flexibility index (Phi) is 4.30. The van der Waals surface area contributed by atoms with Crippen LogP contribution in [-0.4, -0.2) is 12.6 Å². The maximum absolute atomic E-state index is 6.45. The molecule has 2 heteroatoms. The predicted octanol–water partition coefficient (Wildman–Crippen LogP) is 4.02. The molecule has 0 spiro atoms. The third-order valence-electron chi connectivity index (χ3n) is 5.07. The van der Waals surface area contributed by atoms with E-state index < -0.39 is 0 Å². The zero-order valence-electron chi connectivity index (χ0n) is 12.6. The van der Waals surface area contributed by atoms with Crippen molar-refractivity contribution in [1.29, 1.82) is 0 Å². The maximum Gasteiger partial charge on any atom is 0.126 e. The van der Waals surface area contributed by atoms with E-state index >= 15 is 0 Å². The van der Waals surface area contributed by atoms with E-state index in [1.807, 2.05) is 0 Å². The summed E-state index contributed by atoms with van der Waals surface area (Å²) in [5, 5.41) is 0. The molecule has 1 aliphatic carbocycles. The van der Waals surface area contributed by atoms with E-state index in [0.717, 1.165) is 31.1 Å². The van der Waals surface area contributed by atoms with Crippen molar-refractivity contribution < 1.29 is 4.74 Å². The fourth-order valence-corrected chi connectivity index (χ4v) is 4.02. The summed E-state index contributed by atoms with van der Waals surface area (Å²) in [7, 11) is 0. The highest BCUT2D eigenvalue weighted by atomic mass is 16.5. The zero-order valence-corrected chi connectivity index (χ0v) is 12.6. The van der Waals surface area contributed by atoms with Crippen molar-refractivity contribution in [3.8, 4) is 5.75 Å². The molecule has 2 nitrogen and oxygen atoms in total. The Morgan fingerprint density at radius 3 is 3.05 bits per heavy atom. The van der Waals surface area contributed by atoms with Crippen molar-refractivity contribution in [2.24, 2.45) is 11.7 Å². The summed E-state index contributed by atoms with van der Waals surface area (Å²) in [6.07, 6.45) is 8.65. The molecule has 0 amide bonds. The Bertz CT molecular complexity index is 457. The van der Waals surface area contributed by atoms with Gasteiger partial charge >= 0.3 is 0 Å². The van der Waals surface area contributed by atoms with Gasteiger partial charge in [0.25, 0.3) is 0 Å². The third kappa shape index (κ3) is 2.71. The summed E-state index contributed by atoms with van der Waals surface area (Å²) in [5.74, 6) is 2.51. The van der Waals surface area contributed by atoms with E-state index in [4.69, 9.17) is 10.5 Å². The molecule has 1 aliphatic heterocycles. The largest absolute Gasteiger partial charge is 0.493 e. The minimum Gasteiger partial charge on any atom is -0.493 e. The smallest absolute Gasteiger partial charge is 0.126 e. The molecular formula is C18H27NO. The van der Waals surface area contributed by atoms with Gasteiger partial charge in [-0.3, -0.25) is 0 Å². The van der Waals surface area contributed by atoms with Gasteiger partial charge in [-0.25, -0.2) is 0 Å². The molecule has 110 valence electrons. The number of fused-ring (bicyclic) bond motifs is 1. The molecule has 0 saturated heterocycles. The summed E-state index contributed by atoms with van der Waals surface area (Å²) in [4.78, 5) is 0. The highest BCUT2D eigenvalue weighted by molar-refractivity contribution is 5.45. The summed E-state index contributed by atoms with van der Waals surface area (Å²) in [6.45, 7) is 3.15. The topological polar surface area (TPSA) is 35.2 Å². The average Bonchev–Trinajstić information content (AvgIpc) is 2.49. The standard InChI is InChI=1S/C18H27NO/c1-2-5-13-9-10-17(19)16(12-13)15-8-3-6-14-7-4-11-20-18(14)15/h3,6,8,13,16-17H,2,4-5,7,9-12,19H2,1H3. The normalized spacial score (nSPS) is 29.6. The van der Waals surface area contributed by atoms with E-state index in [0.29, 0.717) is 12.0 Å². The van der Waals surface area contributed by atoms with Crippen LogP contribution in [0.4, 0.5) is 0 Å². The van der Waals surface area contributed by atoms with E-state index in [2.05, 4.69) is 25.1 Å². The molecule has 1 aromatic carbocycles. The second kappa shape index (κ2) is 6.17. The van der Waals surface area contributed by atoms with Gasteiger partial charge in [0.05, 0.1) is 6.61 Å². The Morgan fingerprint density at radius 1 is 1.30 bits per heavy atom. The molecule has 3 atom stereocenters. The van der Waals surface area contributed by atoms with Gasteiger partial charge in [0.15, 0.2) is 0 Å². The second-order valence-electron chi connectivity index (χ2n) is 6.53. The highest BCUT2D eigenvalue weighted by Crippen LogP contribution is 2.42. The third-order valence-corrected chi connectivity index (χ3v) is 5.07. The molecule has 3 unspecified atom stereocenters. The van der Waals surface area contributed by atoms with Crippen molar-refractivity contribution in [1.82, 2.24) is 0 Å². The van der Waals surface area contributed by atoms with Crippen LogP contribution in [-0.2, 0) is 6.42 Å². The fraction of sp³-hybridized carbons (Fsp3) is 0.667. The van der Waals surface area contributed by atoms with Crippen LogP contribution in [0.15, 0.2) is 18.2 Å². The average molecular weight is 273 g/mol. The van der Waals surface area contributed by atoms with Gasteiger partial charge < -0.3 is 10.5 Å². The predicted molar refractivity (Wildman–Crippen MR) is 83.2 cm³/mol. The van der Waals surface area contributed by atoms with Crippen molar-refractivity contribution >= 4 is 0 Å². The van der Waals surface area contributed by atoms with Gasteiger partial charge in [-0.15, -0.1) is 0 Å². The lowest BCUT2D eigenvalue weighted by Gasteiger charge is -2.36. The lowest BCUT2D eigenvalue weighted by atomic mass is 9.73. The number of rotatable bonds is 3. The first-order chi connectivity index (χ1) is 9.79. The first-order valence-corrected chi connectivity index (χ1v) is 8.29. The molecule has 20 heavy (non-hydrogen) atoms. The number of para-hydroxylation sites is 1. The van der Waals surface area contributed by atoms with Gasteiger partial charge in [-0.05, 0) is 49.1 Å². The Morgan fingerprint density at radius 2 is 2.20 bits per heavy atom. The Labute approximate surface area is 122 Å². The molecule has 1 aromatic rings. The number of hydrogen-bond donors (Lipinski definition) is 1.